The van der Waals surface area contributed by atoms with Crippen molar-refractivity contribution in [2.45, 2.75) is 53.5 Å². The monoisotopic (exact) mass is 453 g/mol. The molecule has 0 saturated carbocycles. The maximum atomic E-state index is 3.36. The predicted octanol–water partition coefficient (Wildman–Crippen LogP) is 7.17. The number of allylic oxidation sites excluding steroid dienone is 4. The fourth-order valence-electron chi connectivity index (χ4n) is 3.25. The van der Waals surface area contributed by atoms with Gasteiger partial charge in [0.1, 0.15) is 8.80 Å². The van der Waals surface area contributed by atoms with Crippen LogP contribution < -0.4 is 10.4 Å². The van der Waals surface area contributed by atoms with Crippen LogP contribution in [-0.2, 0) is 21.7 Å². The van der Waals surface area contributed by atoms with Crippen molar-refractivity contribution < 1.29 is 21.7 Å². The fourth-order valence-corrected chi connectivity index (χ4v) is 6.06. The summed E-state index contributed by atoms with van der Waals surface area (Å²) in [6, 6.07) is 23.4. The average Bonchev–Trinajstić information content (AvgIpc) is 2.90. The van der Waals surface area contributed by atoms with Crippen molar-refractivity contribution in [3.05, 3.63) is 106 Å². The van der Waals surface area contributed by atoms with Crippen LogP contribution in [0.1, 0.15) is 47.5 Å². The van der Waals surface area contributed by atoms with E-state index in [1.54, 1.807) is 0 Å². The van der Waals surface area contributed by atoms with Crippen molar-refractivity contribution in [1.29, 1.82) is 0 Å². The molecule has 0 amide bonds. The van der Waals surface area contributed by atoms with Gasteiger partial charge in [0.05, 0.1) is 0 Å². The standard InChI is InChI=1S/C16H19Si.C9H13.3CH3.Ti/c1-2-3-14-17(15-10-6-4-7-11-15)16-12-8-5-9-13-16;1-6-5-7(2)9(4)8(6)3;;;;/h4-13H,2-3,14H2,1H3;6H,1-4H3;3*1H3;/q;4*-1;+4. The molecule has 30 heavy (non-hydrogen) atoms. The molecule has 0 aliphatic heterocycles. The molecule has 2 heteroatoms. The quantitative estimate of drug-likeness (QED) is 0.333. The van der Waals surface area contributed by atoms with Crippen LogP contribution in [0.2, 0.25) is 6.04 Å². The molecular formula is C28H41SiTi. The summed E-state index contributed by atoms with van der Waals surface area (Å²) >= 11 is 0. The molecule has 1 atom stereocenters. The molecule has 1 aliphatic rings. The minimum absolute atomic E-state index is 0. The number of benzene rings is 2. The van der Waals surface area contributed by atoms with Gasteiger partial charge >= 0.3 is 21.7 Å². The Hall–Kier alpha value is -1.15. The molecule has 0 N–H and O–H groups in total. The van der Waals surface area contributed by atoms with E-state index in [0.717, 1.165) is 0 Å². The van der Waals surface area contributed by atoms with E-state index < -0.39 is 8.80 Å². The summed E-state index contributed by atoms with van der Waals surface area (Å²) in [5.74, 6) is 0.560. The van der Waals surface area contributed by atoms with Gasteiger partial charge in [-0.2, -0.15) is 11.1 Å². The first kappa shape index (κ1) is 33.5. The van der Waals surface area contributed by atoms with E-state index in [2.05, 4.69) is 101 Å². The van der Waals surface area contributed by atoms with Crippen molar-refractivity contribution >= 4 is 19.2 Å². The van der Waals surface area contributed by atoms with Gasteiger partial charge in [0.25, 0.3) is 0 Å². The fraction of sp³-hybridized carbons (Fsp3) is 0.321. The Bertz CT molecular complexity index is 692. The Kier molecular flexibility index (Phi) is 19.6. The van der Waals surface area contributed by atoms with Gasteiger partial charge < -0.3 is 22.3 Å². The molecule has 3 rings (SSSR count). The minimum Gasteiger partial charge on any atom is -0.358 e. The van der Waals surface area contributed by atoms with Crippen LogP contribution in [0.4, 0.5) is 0 Å². The SMILES string of the molecule is CC1=[C-]C(C)C(C)=C1C.CCCC[Si](c1ccccc1)c1ccccc1.[CH3-].[CH3-].[CH3-].[Ti+4]. The molecule has 161 valence electrons. The van der Waals surface area contributed by atoms with Crippen molar-refractivity contribution in [2.24, 2.45) is 5.92 Å². The van der Waals surface area contributed by atoms with E-state index in [1.165, 1.54) is 46.0 Å². The van der Waals surface area contributed by atoms with Crippen molar-refractivity contribution in [3.63, 3.8) is 0 Å². The van der Waals surface area contributed by atoms with E-state index in [4.69, 9.17) is 0 Å². The Morgan fingerprint density at radius 3 is 1.50 bits per heavy atom. The third-order valence-electron chi connectivity index (χ3n) is 5.26. The Balaban J connectivity index is -0.000000490. The number of rotatable bonds is 5. The van der Waals surface area contributed by atoms with Gasteiger partial charge in [-0.05, 0) is 0 Å². The molecule has 0 spiro atoms. The first-order chi connectivity index (χ1) is 12.5. The zero-order chi connectivity index (χ0) is 18.9. The second kappa shape index (κ2) is 17.5. The summed E-state index contributed by atoms with van der Waals surface area (Å²) in [7, 11) is -0.562. The Morgan fingerprint density at radius 2 is 1.23 bits per heavy atom. The smallest absolute Gasteiger partial charge is 0.358 e. The molecule has 0 nitrogen and oxygen atoms in total. The second-order valence-corrected chi connectivity index (χ2v) is 9.73. The molecule has 1 radical (unpaired) electrons. The summed E-state index contributed by atoms with van der Waals surface area (Å²) in [4.78, 5) is 0. The number of unbranched alkanes of at least 4 members (excludes halogenated alkanes) is 1. The average molecular weight is 454 g/mol. The molecule has 0 saturated heterocycles. The van der Waals surface area contributed by atoms with Gasteiger partial charge in [0, 0.05) is 0 Å². The number of hydrogen-bond acceptors (Lipinski definition) is 0. The van der Waals surface area contributed by atoms with Gasteiger partial charge in [-0.25, -0.2) is 5.57 Å². The molecular weight excluding hydrogens is 412 g/mol. The molecule has 0 heterocycles. The van der Waals surface area contributed by atoms with Gasteiger partial charge in [0.2, 0.25) is 0 Å². The topological polar surface area (TPSA) is 0 Å². The van der Waals surface area contributed by atoms with E-state index in [1.807, 2.05) is 0 Å². The molecule has 1 unspecified atom stereocenters. The Morgan fingerprint density at radius 1 is 0.800 bits per heavy atom. The molecule has 2 aromatic rings. The third-order valence-corrected chi connectivity index (χ3v) is 8.18. The van der Waals surface area contributed by atoms with Crippen LogP contribution in [0.5, 0.6) is 0 Å². The van der Waals surface area contributed by atoms with Crippen molar-refractivity contribution in [1.82, 2.24) is 0 Å². The van der Waals surface area contributed by atoms with Crippen LogP contribution in [-0.4, -0.2) is 8.80 Å². The summed E-state index contributed by atoms with van der Waals surface area (Å²) in [5, 5.41) is 3.08. The predicted molar refractivity (Wildman–Crippen MR) is 137 cm³/mol. The third kappa shape index (κ3) is 9.77. The van der Waals surface area contributed by atoms with Crippen LogP contribution >= 0.6 is 0 Å². The van der Waals surface area contributed by atoms with Crippen LogP contribution in [0.15, 0.2) is 77.4 Å². The largest absolute Gasteiger partial charge is 4.00 e. The molecule has 1 aliphatic carbocycles. The summed E-state index contributed by atoms with van der Waals surface area (Å²) in [6.45, 7) is 10.9. The van der Waals surface area contributed by atoms with Crippen LogP contribution in [0.25, 0.3) is 0 Å². The summed E-state index contributed by atoms with van der Waals surface area (Å²) in [5.41, 5.74) is 4.25. The van der Waals surface area contributed by atoms with E-state index in [0.29, 0.717) is 5.92 Å². The maximum absolute atomic E-state index is 3.36. The normalized spacial score (nSPS) is 14.2. The summed E-state index contributed by atoms with van der Waals surface area (Å²) in [6.07, 6.45) is 5.98. The second-order valence-electron chi connectivity index (χ2n) is 7.11. The van der Waals surface area contributed by atoms with Crippen molar-refractivity contribution in [2.75, 3.05) is 0 Å². The molecule has 0 aromatic heterocycles. The zero-order valence-electron chi connectivity index (χ0n) is 20.5. The molecule has 0 fully saturated rings. The van der Waals surface area contributed by atoms with Gasteiger partial charge in [-0.3, -0.25) is 6.08 Å². The first-order valence-corrected chi connectivity index (χ1v) is 11.5. The molecule has 2 aromatic carbocycles. The maximum Gasteiger partial charge on any atom is 4.00 e. The van der Waals surface area contributed by atoms with Gasteiger partial charge in [-0.1, -0.05) is 124 Å². The summed E-state index contributed by atoms with van der Waals surface area (Å²) < 4.78 is 0. The van der Waals surface area contributed by atoms with Crippen molar-refractivity contribution in [3.8, 4) is 0 Å². The van der Waals surface area contributed by atoms with E-state index in [-0.39, 0.29) is 44.0 Å². The zero-order valence-corrected chi connectivity index (χ0v) is 23.0. The first-order valence-electron chi connectivity index (χ1n) is 9.79. The van der Waals surface area contributed by atoms with Crippen LogP contribution in [0.3, 0.4) is 0 Å². The van der Waals surface area contributed by atoms with E-state index >= 15 is 0 Å². The molecule has 0 bridgehead atoms. The van der Waals surface area contributed by atoms with E-state index in [9.17, 15) is 0 Å². The van der Waals surface area contributed by atoms with Gasteiger partial charge in [0.15, 0.2) is 0 Å². The van der Waals surface area contributed by atoms with Gasteiger partial charge in [-0.15, -0.1) is 6.92 Å². The number of hydrogen-bond donors (Lipinski definition) is 0. The Labute approximate surface area is 205 Å². The van der Waals surface area contributed by atoms with Crippen LogP contribution in [0, 0.1) is 34.3 Å². The minimum atomic E-state index is -0.562.